The third kappa shape index (κ3) is 3.99. The van der Waals surface area contributed by atoms with Crippen molar-refractivity contribution in [1.29, 1.82) is 0 Å². The van der Waals surface area contributed by atoms with Crippen LogP contribution in [0.25, 0.3) is 0 Å². The smallest absolute Gasteiger partial charge is 0.0606 e. The highest BCUT2D eigenvalue weighted by Gasteiger charge is 2.10. The zero-order chi connectivity index (χ0) is 15.2. The number of aryl methyl sites for hydroxylation is 1. The van der Waals surface area contributed by atoms with Gasteiger partial charge in [-0.2, -0.15) is 0 Å². The molecule has 0 bridgehead atoms. The Morgan fingerprint density at radius 1 is 1.24 bits per heavy atom. The molecule has 0 amide bonds. The zero-order valence-corrected chi connectivity index (χ0v) is 13.8. The van der Waals surface area contributed by atoms with Crippen LogP contribution in [0, 0.1) is 6.92 Å². The molecule has 0 aliphatic carbocycles. The second-order valence-corrected chi connectivity index (χ2v) is 6.13. The van der Waals surface area contributed by atoms with Gasteiger partial charge in [-0.25, -0.2) is 0 Å². The minimum Gasteiger partial charge on any atom is -0.395 e. The van der Waals surface area contributed by atoms with Crippen LogP contribution in [0.4, 0.5) is 11.4 Å². The lowest BCUT2D eigenvalue weighted by molar-refractivity contribution is 0.302. The number of thiophene rings is 1. The fraction of sp³-hybridized carbons (Fsp3) is 0.412. The molecular formula is C17H24N2OS. The molecule has 0 radical (unpaired) electrons. The fourth-order valence-corrected chi connectivity index (χ4v) is 3.44. The highest BCUT2D eigenvalue weighted by atomic mass is 32.1. The minimum atomic E-state index is 0.183. The Bertz CT molecular complexity index is 550. The number of likely N-dealkylation sites (N-methyl/N-ethyl adjacent to an activating group) is 1. The van der Waals surface area contributed by atoms with Gasteiger partial charge in [-0.05, 0) is 62.0 Å². The van der Waals surface area contributed by atoms with E-state index in [1.165, 1.54) is 10.4 Å². The van der Waals surface area contributed by atoms with Crippen LogP contribution in [-0.2, 0) is 0 Å². The van der Waals surface area contributed by atoms with Gasteiger partial charge in [0.2, 0.25) is 0 Å². The van der Waals surface area contributed by atoms with Crippen molar-refractivity contribution in [1.82, 2.24) is 0 Å². The summed E-state index contributed by atoms with van der Waals surface area (Å²) in [6.07, 6.45) is 0. The average Bonchev–Trinajstić information content (AvgIpc) is 2.92. The van der Waals surface area contributed by atoms with Gasteiger partial charge in [-0.3, -0.25) is 0 Å². The summed E-state index contributed by atoms with van der Waals surface area (Å²) in [5, 5.41) is 14.8. The van der Waals surface area contributed by atoms with Crippen molar-refractivity contribution in [3.8, 4) is 0 Å². The van der Waals surface area contributed by atoms with Gasteiger partial charge in [0.15, 0.2) is 0 Å². The van der Waals surface area contributed by atoms with Crippen LogP contribution < -0.4 is 10.2 Å². The third-order valence-electron chi connectivity index (χ3n) is 3.66. The van der Waals surface area contributed by atoms with E-state index in [2.05, 4.69) is 66.7 Å². The summed E-state index contributed by atoms with van der Waals surface area (Å²) in [5.74, 6) is 0. The van der Waals surface area contributed by atoms with E-state index in [0.29, 0.717) is 12.6 Å². The number of aliphatic hydroxyl groups is 1. The number of anilines is 2. The monoisotopic (exact) mass is 304 g/mol. The molecule has 2 rings (SSSR count). The Kier molecular flexibility index (Phi) is 5.65. The lowest BCUT2D eigenvalue weighted by Gasteiger charge is -2.22. The summed E-state index contributed by atoms with van der Waals surface area (Å²) in [4.78, 5) is 3.55. The first-order chi connectivity index (χ1) is 10.2. The molecule has 0 saturated heterocycles. The topological polar surface area (TPSA) is 35.5 Å². The van der Waals surface area contributed by atoms with Crippen molar-refractivity contribution in [3.63, 3.8) is 0 Å². The maximum absolute atomic E-state index is 9.08. The Morgan fingerprint density at radius 3 is 2.48 bits per heavy atom. The number of nitrogens with one attached hydrogen (secondary N) is 1. The van der Waals surface area contributed by atoms with Crippen LogP contribution in [-0.4, -0.2) is 24.8 Å². The summed E-state index contributed by atoms with van der Waals surface area (Å²) in [6, 6.07) is 10.9. The molecule has 1 heterocycles. The van der Waals surface area contributed by atoms with Gasteiger partial charge in [0.05, 0.1) is 12.6 Å². The summed E-state index contributed by atoms with van der Waals surface area (Å²) in [7, 11) is 0. The Morgan fingerprint density at radius 2 is 1.95 bits per heavy atom. The van der Waals surface area contributed by atoms with Crippen LogP contribution in [0.15, 0.2) is 35.7 Å². The van der Waals surface area contributed by atoms with E-state index in [4.69, 9.17) is 5.11 Å². The molecule has 1 atom stereocenters. The molecule has 3 nitrogen and oxygen atoms in total. The molecular weight excluding hydrogens is 280 g/mol. The van der Waals surface area contributed by atoms with Gasteiger partial charge in [-0.1, -0.05) is 0 Å². The molecule has 2 aromatic rings. The number of aliphatic hydroxyl groups excluding tert-OH is 1. The first kappa shape index (κ1) is 15.9. The number of rotatable bonds is 7. The van der Waals surface area contributed by atoms with Crippen LogP contribution in [0.1, 0.15) is 30.3 Å². The van der Waals surface area contributed by atoms with Crippen LogP contribution in [0.5, 0.6) is 0 Å². The molecule has 1 aromatic heterocycles. The Hall–Kier alpha value is -1.52. The van der Waals surface area contributed by atoms with Crippen LogP contribution in [0.2, 0.25) is 0 Å². The predicted octanol–water partition coefficient (Wildman–Crippen LogP) is 4.05. The maximum atomic E-state index is 9.08. The lowest BCUT2D eigenvalue weighted by Crippen LogP contribution is -2.25. The van der Waals surface area contributed by atoms with Gasteiger partial charge < -0.3 is 15.3 Å². The number of hydrogen-bond acceptors (Lipinski definition) is 4. The van der Waals surface area contributed by atoms with Crippen molar-refractivity contribution in [2.45, 2.75) is 26.8 Å². The normalized spacial score (nSPS) is 12.2. The Balaban J connectivity index is 2.04. The number of hydrogen-bond donors (Lipinski definition) is 2. The summed E-state index contributed by atoms with van der Waals surface area (Å²) in [6.45, 7) is 8.20. The standard InChI is InChI=1S/C17H24N2OS/c1-4-19(10-11-20)16-7-5-15(6-8-16)18-14(3)17-13(2)9-12-21-17/h5-9,12,14,18,20H,4,10-11H2,1-3H3. The van der Waals surface area contributed by atoms with E-state index >= 15 is 0 Å². The molecule has 0 aliphatic heterocycles. The van der Waals surface area contributed by atoms with Crippen LogP contribution >= 0.6 is 11.3 Å². The predicted molar refractivity (Wildman–Crippen MR) is 92.5 cm³/mol. The second kappa shape index (κ2) is 7.48. The zero-order valence-electron chi connectivity index (χ0n) is 13.0. The van der Waals surface area contributed by atoms with E-state index in [-0.39, 0.29) is 6.61 Å². The number of benzene rings is 1. The lowest BCUT2D eigenvalue weighted by atomic mass is 10.1. The highest BCUT2D eigenvalue weighted by molar-refractivity contribution is 7.10. The molecule has 2 N–H and O–H groups in total. The molecule has 0 fully saturated rings. The third-order valence-corrected chi connectivity index (χ3v) is 4.86. The molecule has 114 valence electrons. The van der Waals surface area contributed by atoms with Gasteiger partial charge in [0.25, 0.3) is 0 Å². The molecule has 4 heteroatoms. The maximum Gasteiger partial charge on any atom is 0.0606 e. The van der Waals surface area contributed by atoms with Crippen molar-refractivity contribution in [2.75, 3.05) is 29.9 Å². The molecule has 0 aliphatic rings. The summed E-state index contributed by atoms with van der Waals surface area (Å²) >= 11 is 1.80. The van der Waals surface area contributed by atoms with Crippen molar-refractivity contribution in [3.05, 3.63) is 46.2 Å². The van der Waals surface area contributed by atoms with Crippen molar-refractivity contribution < 1.29 is 5.11 Å². The van der Waals surface area contributed by atoms with Gasteiger partial charge in [-0.15, -0.1) is 11.3 Å². The first-order valence-corrected chi connectivity index (χ1v) is 8.30. The van der Waals surface area contributed by atoms with E-state index in [9.17, 15) is 0 Å². The van der Waals surface area contributed by atoms with Gasteiger partial charge in [0, 0.05) is 29.3 Å². The second-order valence-electron chi connectivity index (χ2n) is 5.18. The molecule has 1 unspecified atom stereocenters. The van der Waals surface area contributed by atoms with Crippen molar-refractivity contribution >= 4 is 22.7 Å². The largest absolute Gasteiger partial charge is 0.395 e. The molecule has 21 heavy (non-hydrogen) atoms. The van der Waals surface area contributed by atoms with Crippen LogP contribution in [0.3, 0.4) is 0 Å². The van der Waals surface area contributed by atoms with E-state index < -0.39 is 0 Å². The van der Waals surface area contributed by atoms with Crippen molar-refractivity contribution in [2.24, 2.45) is 0 Å². The van der Waals surface area contributed by atoms with Gasteiger partial charge in [0.1, 0.15) is 0 Å². The quantitative estimate of drug-likeness (QED) is 0.810. The van der Waals surface area contributed by atoms with E-state index in [1.54, 1.807) is 11.3 Å². The van der Waals surface area contributed by atoms with E-state index in [0.717, 1.165) is 17.9 Å². The molecule has 0 saturated carbocycles. The van der Waals surface area contributed by atoms with Gasteiger partial charge >= 0.3 is 0 Å². The Labute approximate surface area is 131 Å². The first-order valence-electron chi connectivity index (χ1n) is 7.42. The molecule has 0 spiro atoms. The summed E-state index contributed by atoms with van der Waals surface area (Å²) in [5.41, 5.74) is 3.62. The highest BCUT2D eigenvalue weighted by Crippen LogP contribution is 2.27. The number of nitrogens with zero attached hydrogens (tertiary/aromatic N) is 1. The molecule has 1 aromatic carbocycles. The minimum absolute atomic E-state index is 0.183. The van der Waals surface area contributed by atoms with E-state index in [1.807, 2.05) is 0 Å². The summed E-state index contributed by atoms with van der Waals surface area (Å²) < 4.78 is 0. The SMILES string of the molecule is CCN(CCO)c1ccc(NC(C)c2sccc2C)cc1. The fourth-order valence-electron chi connectivity index (χ4n) is 2.50. The average molecular weight is 304 g/mol.